The van der Waals surface area contributed by atoms with Gasteiger partial charge in [0.25, 0.3) is 0 Å². The van der Waals surface area contributed by atoms with Crippen molar-refractivity contribution in [3.8, 4) is 0 Å². The zero-order chi connectivity index (χ0) is 36.5. The van der Waals surface area contributed by atoms with Crippen molar-refractivity contribution in [1.29, 1.82) is 0 Å². The molecule has 0 aliphatic carbocycles. The van der Waals surface area contributed by atoms with E-state index in [0.29, 0.717) is 6.42 Å². The van der Waals surface area contributed by atoms with E-state index in [1.54, 1.807) is 0 Å². The Morgan fingerprint density at radius 2 is 1.37 bits per heavy atom. The summed E-state index contributed by atoms with van der Waals surface area (Å²) in [4.78, 5) is 14.7. The molecule has 1 amide bonds. The molecule has 0 saturated carbocycles. The summed E-state index contributed by atoms with van der Waals surface area (Å²) < 4.78 is 2.49. The van der Waals surface area contributed by atoms with Crippen LogP contribution in [0.5, 0.6) is 0 Å². The standard InChI is InChI=1S/C44H64N6O.HI/c1-43(2)36-22-13-15-24-38(36)49(5)40(43)26-10-7-6-8-11-27-41-44(3,4)37-23-14-16-25-39(37)50(41)35-19-9-12-28-42(51)48-34-21-33-47-31-18-17-30-46-32-20-29-45;/h6-8,10-11,13-16,22-27,46-47H,9,12,17-21,28-35,45H2,1-5H3;1H. The lowest BCUT2D eigenvalue weighted by Gasteiger charge is -2.23. The van der Waals surface area contributed by atoms with Crippen molar-refractivity contribution in [2.45, 2.75) is 89.9 Å². The Kier molecular flexibility index (Phi) is 18.5. The molecule has 0 aromatic heterocycles. The summed E-state index contributed by atoms with van der Waals surface area (Å²) in [5.41, 5.74) is 13.4. The van der Waals surface area contributed by atoms with Crippen molar-refractivity contribution < 1.29 is 33.3 Å². The minimum Gasteiger partial charge on any atom is -1.00 e. The van der Waals surface area contributed by atoms with Gasteiger partial charge in [0.1, 0.15) is 6.54 Å². The molecule has 2 aromatic rings. The summed E-state index contributed by atoms with van der Waals surface area (Å²) in [7, 11) is 2.16. The number of unbranched alkanes of at least 4 members (excludes halogenated alkanes) is 3. The zero-order valence-corrected chi connectivity index (χ0v) is 34.7. The lowest BCUT2D eigenvalue weighted by atomic mass is 9.81. The molecule has 7 nitrogen and oxygen atoms in total. The molecular formula is C44H65IN6O. The molecular weight excluding hydrogens is 755 g/mol. The van der Waals surface area contributed by atoms with E-state index >= 15 is 0 Å². The zero-order valence-electron chi connectivity index (χ0n) is 32.5. The molecule has 2 aliphatic rings. The molecule has 0 spiro atoms. The van der Waals surface area contributed by atoms with Crippen LogP contribution in [0.1, 0.15) is 90.2 Å². The van der Waals surface area contributed by atoms with E-state index in [-0.39, 0.29) is 40.7 Å². The number of halogens is 1. The molecule has 2 aromatic carbocycles. The van der Waals surface area contributed by atoms with Crippen LogP contribution in [0, 0.1) is 0 Å². The van der Waals surface area contributed by atoms with E-state index in [2.05, 4.69) is 151 Å². The first-order chi connectivity index (χ1) is 24.7. The van der Waals surface area contributed by atoms with Crippen molar-refractivity contribution in [2.75, 3.05) is 57.8 Å². The summed E-state index contributed by atoms with van der Waals surface area (Å²) >= 11 is 0. The maximum absolute atomic E-state index is 12.4. The van der Waals surface area contributed by atoms with E-state index in [0.717, 1.165) is 77.9 Å². The average molecular weight is 821 g/mol. The van der Waals surface area contributed by atoms with Gasteiger partial charge in [-0.05, 0) is 103 Å². The lowest BCUT2D eigenvalue weighted by Crippen LogP contribution is -3.00. The Balaban J connectivity index is 0.00000729. The number of hydrogen-bond donors (Lipinski definition) is 4. The number of nitrogens with one attached hydrogen (secondary N) is 3. The minimum absolute atomic E-state index is 0. The van der Waals surface area contributed by atoms with Gasteiger partial charge in [-0.3, -0.25) is 4.79 Å². The fraction of sp³-hybridized carbons (Fsp3) is 0.500. The molecule has 0 radical (unpaired) electrons. The third kappa shape index (κ3) is 12.0. The molecule has 4 rings (SSSR count). The molecule has 284 valence electrons. The third-order valence-electron chi connectivity index (χ3n) is 10.3. The second kappa shape index (κ2) is 22.2. The van der Waals surface area contributed by atoms with Crippen LogP contribution in [0.3, 0.4) is 0 Å². The van der Waals surface area contributed by atoms with E-state index < -0.39 is 0 Å². The van der Waals surface area contributed by atoms with E-state index in [1.165, 1.54) is 46.8 Å². The topological polar surface area (TPSA) is 85.4 Å². The summed E-state index contributed by atoms with van der Waals surface area (Å²) in [5.74, 6) is 0.169. The van der Waals surface area contributed by atoms with E-state index in [9.17, 15) is 4.79 Å². The quantitative estimate of drug-likeness (QED) is 0.0613. The van der Waals surface area contributed by atoms with Crippen LogP contribution in [-0.2, 0) is 15.6 Å². The SMILES string of the molecule is CN1/C(=C/C=C/C=C/C=C/C2=[N+](CCCCCC(=O)NCCCNCCCCNCCCN)c3ccccc3C2(C)C)C(C)(C)c2ccccc21.[I-]. The highest BCUT2D eigenvalue weighted by molar-refractivity contribution is 6.03. The van der Waals surface area contributed by atoms with Crippen molar-refractivity contribution in [2.24, 2.45) is 5.73 Å². The Hall–Kier alpha value is -3.05. The van der Waals surface area contributed by atoms with Gasteiger partial charge >= 0.3 is 0 Å². The Morgan fingerprint density at radius 1 is 0.731 bits per heavy atom. The number of likely N-dealkylation sites (N-methyl/N-ethyl adjacent to an activating group) is 1. The van der Waals surface area contributed by atoms with Crippen molar-refractivity contribution in [3.05, 3.63) is 108 Å². The molecule has 0 atom stereocenters. The molecule has 2 aliphatic heterocycles. The van der Waals surface area contributed by atoms with Crippen LogP contribution >= 0.6 is 0 Å². The van der Waals surface area contributed by atoms with Gasteiger partial charge in [0.2, 0.25) is 11.6 Å². The number of fused-ring (bicyclic) bond motifs is 2. The Labute approximate surface area is 332 Å². The number of rotatable bonds is 22. The maximum Gasteiger partial charge on any atom is 0.219 e. The number of benzene rings is 2. The first kappa shape index (κ1) is 43.4. The van der Waals surface area contributed by atoms with Gasteiger partial charge in [0, 0.05) is 60.9 Å². The van der Waals surface area contributed by atoms with Crippen molar-refractivity contribution in [3.63, 3.8) is 0 Å². The number of anilines is 1. The fourth-order valence-electron chi connectivity index (χ4n) is 7.41. The van der Waals surface area contributed by atoms with Gasteiger partial charge in [-0.1, -0.05) is 80.6 Å². The largest absolute Gasteiger partial charge is 1.00 e. The third-order valence-corrected chi connectivity index (χ3v) is 10.3. The molecule has 52 heavy (non-hydrogen) atoms. The number of hydrogen-bond acceptors (Lipinski definition) is 5. The number of allylic oxidation sites excluding steroid dienone is 8. The van der Waals surface area contributed by atoms with E-state index in [1.807, 2.05) is 0 Å². The van der Waals surface area contributed by atoms with E-state index in [4.69, 9.17) is 5.73 Å². The van der Waals surface area contributed by atoms with Crippen LogP contribution < -0.4 is 50.6 Å². The van der Waals surface area contributed by atoms with Crippen molar-refractivity contribution in [1.82, 2.24) is 16.0 Å². The van der Waals surface area contributed by atoms with Crippen molar-refractivity contribution >= 4 is 23.0 Å². The highest BCUT2D eigenvalue weighted by atomic mass is 127. The van der Waals surface area contributed by atoms with Gasteiger partial charge in [0.05, 0.1) is 5.41 Å². The van der Waals surface area contributed by atoms with Crippen LogP contribution in [0.2, 0.25) is 0 Å². The number of carbonyl (C=O) groups is 1. The predicted octanol–water partition coefficient (Wildman–Crippen LogP) is 4.42. The minimum atomic E-state index is -0.0782. The monoisotopic (exact) mass is 820 g/mol. The van der Waals surface area contributed by atoms with Crippen LogP contribution in [0.15, 0.2) is 96.8 Å². The number of para-hydroxylation sites is 2. The molecule has 0 saturated heterocycles. The smallest absolute Gasteiger partial charge is 0.219 e. The van der Waals surface area contributed by atoms with Gasteiger partial charge in [-0.2, -0.15) is 4.58 Å². The average Bonchev–Trinajstić information content (AvgIpc) is 3.45. The predicted molar refractivity (Wildman–Crippen MR) is 217 cm³/mol. The number of amides is 1. The fourth-order valence-corrected chi connectivity index (χ4v) is 7.41. The Morgan fingerprint density at radius 3 is 2.10 bits per heavy atom. The lowest BCUT2D eigenvalue weighted by molar-refractivity contribution is -0.438. The summed E-state index contributed by atoms with van der Waals surface area (Å²) in [6, 6.07) is 17.5. The maximum atomic E-state index is 12.4. The first-order valence-corrected chi connectivity index (χ1v) is 19.4. The van der Waals surface area contributed by atoms with Gasteiger partial charge in [-0.25, -0.2) is 0 Å². The summed E-state index contributed by atoms with van der Waals surface area (Å²) in [5, 5.41) is 10.0. The molecule has 5 N–H and O–H groups in total. The molecule has 2 heterocycles. The number of nitrogens with zero attached hydrogens (tertiary/aromatic N) is 2. The molecule has 0 bridgehead atoms. The normalized spacial score (nSPS) is 16.7. The second-order valence-corrected chi connectivity index (χ2v) is 14.9. The molecule has 0 fully saturated rings. The Bertz CT molecular complexity index is 1570. The van der Waals surface area contributed by atoms with Gasteiger partial charge < -0.3 is 50.6 Å². The van der Waals surface area contributed by atoms with Gasteiger partial charge in [0.15, 0.2) is 5.71 Å². The summed E-state index contributed by atoms with van der Waals surface area (Å²) in [6.07, 6.45) is 23.1. The summed E-state index contributed by atoms with van der Waals surface area (Å²) in [6.45, 7) is 15.7. The van der Waals surface area contributed by atoms with Crippen LogP contribution in [0.4, 0.5) is 11.4 Å². The number of nitrogens with two attached hydrogens (primary N) is 1. The van der Waals surface area contributed by atoms with Gasteiger partial charge in [-0.15, -0.1) is 0 Å². The molecule has 0 unspecified atom stereocenters. The highest BCUT2D eigenvalue weighted by Crippen LogP contribution is 2.46. The molecule has 8 heteroatoms. The number of carbonyl (C=O) groups excluding carboxylic acids is 1. The second-order valence-electron chi connectivity index (χ2n) is 14.9. The highest BCUT2D eigenvalue weighted by Gasteiger charge is 2.43. The first-order valence-electron chi connectivity index (χ1n) is 19.4. The van der Waals surface area contributed by atoms with Crippen LogP contribution in [-0.4, -0.2) is 69.1 Å². The van der Waals surface area contributed by atoms with Crippen LogP contribution in [0.25, 0.3) is 0 Å².